The highest BCUT2D eigenvalue weighted by atomic mass is 35.5. The van der Waals surface area contributed by atoms with Crippen LogP contribution in [0.15, 0.2) is 18.2 Å². The van der Waals surface area contributed by atoms with Gasteiger partial charge in [0, 0.05) is 29.1 Å². The first-order chi connectivity index (χ1) is 8.70. The third-order valence-corrected chi connectivity index (χ3v) is 4.19. The van der Waals surface area contributed by atoms with Crippen molar-refractivity contribution in [3.63, 3.8) is 0 Å². The van der Waals surface area contributed by atoms with Crippen molar-refractivity contribution >= 4 is 23.2 Å². The Balaban J connectivity index is 2.09. The van der Waals surface area contributed by atoms with Crippen molar-refractivity contribution in [2.45, 2.75) is 25.2 Å². The van der Waals surface area contributed by atoms with Gasteiger partial charge in [-0.1, -0.05) is 29.6 Å². The molecule has 0 spiro atoms. The minimum Gasteiger partial charge on any atom is -0.330 e. The summed E-state index contributed by atoms with van der Waals surface area (Å²) in [5.41, 5.74) is 6.99. The van der Waals surface area contributed by atoms with Gasteiger partial charge in [0.2, 0.25) is 0 Å². The molecular weight excluding hydrogens is 267 g/mol. The van der Waals surface area contributed by atoms with E-state index < -0.39 is 0 Å². The van der Waals surface area contributed by atoms with Gasteiger partial charge < -0.3 is 10.6 Å². The van der Waals surface area contributed by atoms with Crippen molar-refractivity contribution in [1.29, 1.82) is 0 Å². The summed E-state index contributed by atoms with van der Waals surface area (Å²) in [7, 11) is 0. The highest BCUT2D eigenvalue weighted by Gasteiger charge is 2.19. The van der Waals surface area contributed by atoms with Crippen LogP contribution >= 0.6 is 23.2 Å². The number of nitrogens with zero attached hydrogens (tertiary/aromatic N) is 1. The lowest BCUT2D eigenvalue weighted by atomic mass is 9.97. The second-order valence-corrected chi connectivity index (χ2v) is 5.80. The Bertz CT molecular complexity index is 389. The molecule has 0 aromatic heterocycles. The monoisotopic (exact) mass is 286 g/mol. The molecule has 1 heterocycles. The summed E-state index contributed by atoms with van der Waals surface area (Å²) >= 11 is 12.3. The number of nitrogens with two attached hydrogens (primary N) is 1. The summed E-state index contributed by atoms with van der Waals surface area (Å²) in [6.07, 6.45) is 3.93. The van der Waals surface area contributed by atoms with Gasteiger partial charge >= 0.3 is 0 Å². The SMILES string of the molecule is NCC(CN1CCCCC1)c1cc(Cl)ccc1Cl. The summed E-state index contributed by atoms with van der Waals surface area (Å²) < 4.78 is 0. The van der Waals surface area contributed by atoms with Crippen LogP contribution in [0.3, 0.4) is 0 Å². The van der Waals surface area contributed by atoms with Crippen LogP contribution in [-0.4, -0.2) is 31.1 Å². The maximum Gasteiger partial charge on any atom is 0.0442 e. The third-order valence-electron chi connectivity index (χ3n) is 3.61. The Morgan fingerprint density at radius 3 is 2.56 bits per heavy atom. The molecule has 1 atom stereocenters. The number of piperidine rings is 1. The summed E-state index contributed by atoms with van der Waals surface area (Å²) in [6.45, 7) is 3.94. The van der Waals surface area contributed by atoms with Gasteiger partial charge in [0.15, 0.2) is 0 Å². The van der Waals surface area contributed by atoms with Crippen LogP contribution in [0.2, 0.25) is 10.0 Å². The van der Waals surface area contributed by atoms with Crippen LogP contribution < -0.4 is 5.73 Å². The highest BCUT2D eigenvalue weighted by molar-refractivity contribution is 6.33. The molecule has 1 aromatic carbocycles. The van der Waals surface area contributed by atoms with Gasteiger partial charge in [-0.3, -0.25) is 0 Å². The molecule has 18 heavy (non-hydrogen) atoms. The average molecular weight is 287 g/mol. The molecule has 1 saturated heterocycles. The second-order valence-electron chi connectivity index (χ2n) is 4.96. The predicted molar refractivity (Wildman–Crippen MR) is 78.5 cm³/mol. The van der Waals surface area contributed by atoms with E-state index in [1.165, 1.54) is 32.4 Å². The molecule has 4 heteroatoms. The van der Waals surface area contributed by atoms with Crippen LogP contribution in [0.5, 0.6) is 0 Å². The molecule has 0 aliphatic carbocycles. The number of benzene rings is 1. The second kappa shape index (κ2) is 6.76. The molecule has 1 aliphatic heterocycles. The number of likely N-dealkylation sites (tertiary alicyclic amines) is 1. The number of hydrogen-bond acceptors (Lipinski definition) is 2. The van der Waals surface area contributed by atoms with Crippen LogP contribution in [0.4, 0.5) is 0 Å². The van der Waals surface area contributed by atoms with E-state index in [0.717, 1.165) is 22.2 Å². The molecule has 1 aromatic rings. The van der Waals surface area contributed by atoms with E-state index in [1.54, 1.807) is 0 Å². The molecule has 0 bridgehead atoms. The number of hydrogen-bond donors (Lipinski definition) is 1. The normalized spacial score (nSPS) is 18.8. The van der Waals surface area contributed by atoms with Crippen LogP contribution in [0, 0.1) is 0 Å². The lowest BCUT2D eigenvalue weighted by Gasteiger charge is -2.30. The van der Waals surface area contributed by atoms with Gasteiger partial charge in [0.25, 0.3) is 0 Å². The highest BCUT2D eigenvalue weighted by Crippen LogP contribution is 2.28. The fraction of sp³-hybridized carbons (Fsp3) is 0.571. The molecule has 2 rings (SSSR count). The van der Waals surface area contributed by atoms with E-state index in [-0.39, 0.29) is 5.92 Å². The molecule has 1 aliphatic rings. The first-order valence-electron chi connectivity index (χ1n) is 6.58. The largest absolute Gasteiger partial charge is 0.330 e. The van der Waals surface area contributed by atoms with Gasteiger partial charge in [-0.05, 0) is 49.7 Å². The standard InChI is InChI=1S/C14H20Cl2N2/c15-12-4-5-14(16)13(8-12)11(9-17)10-18-6-2-1-3-7-18/h4-5,8,11H,1-3,6-7,9-10,17H2. The fourth-order valence-electron chi connectivity index (χ4n) is 2.58. The maximum atomic E-state index is 6.25. The van der Waals surface area contributed by atoms with E-state index in [4.69, 9.17) is 28.9 Å². The van der Waals surface area contributed by atoms with Crippen molar-refractivity contribution < 1.29 is 0 Å². The van der Waals surface area contributed by atoms with Gasteiger partial charge in [-0.2, -0.15) is 0 Å². The third kappa shape index (κ3) is 3.61. The molecule has 0 amide bonds. The Hall–Kier alpha value is -0.280. The molecule has 0 saturated carbocycles. The summed E-state index contributed by atoms with van der Waals surface area (Å²) in [5.74, 6) is 0.272. The van der Waals surface area contributed by atoms with E-state index >= 15 is 0 Å². The molecule has 2 N–H and O–H groups in total. The quantitative estimate of drug-likeness (QED) is 0.918. The van der Waals surface area contributed by atoms with Crippen LogP contribution in [0.25, 0.3) is 0 Å². The smallest absolute Gasteiger partial charge is 0.0442 e. The van der Waals surface area contributed by atoms with Crippen molar-refractivity contribution in [1.82, 2.24) is 4.90 Å². The van der Waals surface area contributed by atoms with E-state index in [9.17, 15) is 0 Å². The Morgan fingerprint density at radius 1 is 1.17 bits per heavy atom. The molecule has 2 nitrogen and oxygen atoms in total. The predicted octanol–water partition coefficient (Wildman–Crippen LogP) is 3.52. The van der Waals surface area contributed by atoms with Crippen molar-refractivity contribution in [2.24, 2.45) is 5.73 Å². The van der Waals surface area contributed by atoms with Crippen LogP contribution in [0.1, 0.15) is 30.7 Å². The Labute approximate surface area is 119 Å². The van der Waals surface area contributed by atoms with Gasteiger partial charge in [0.1, 0.15) is 0 Å². The lowest BCUT2D eigenvalue weighted by molar-refractivity contribution is 0.216. The lowest BCUT2D eigenvalue weighted by Crippen LogP contribution is -2.35. The first kappa shape index (κ1) is 14.1. The van der Waals surface area contributed by atoms with Crippen molar-refractivity contribution in [2.75, 3.05) is 26.2 Å². The minimum absolute atomic E-state index is 0.272. The Kier molecular flexibility index (Phi) is 5.31. The first-order valence-corrected chi connectivity index (χ1v) is 7.33. The van der Waals surface area contributed by atoms with Gasteiger partial charge in [-0.15, -0.1) is 0 Å². The van der Waals surface area contributed by atoms with Gasteiger partial charge in [-0.25, -0.2) is 0 Å². The molecular formula is C14H20Cl2N2. The van der Waals surface area contributed by atoms with E-state index in [0.29, 0.717) is 6.54 Å². The van der Waals surface area contributed by atoms with E-state index in [1.807, 2.05) is 18.2 Å². The minimum atomic E-state index is 0.272. The molecule has 100 valence electrons. The maximum absolute atomic E-state index is 6.25. The molecule has 1 fully saturated rings. The van der Waals surface area contributed by atoms with Crippen molar-refractivity contribution in [3.05, 3.63) is 33.8 Å². The molecule has 0 radical (unpaired) electrons. The number of halogens is 2. The summed E-state index contributed by atoms with van der Waals surface area (Å²) in [5, 5.41) is 1.50. The number of rotatable bonds is 4. The Morgan fingerprint density at radius 2 is 1.89 bits per heavy atom. The van der Waals surface area contributed by atoms with Crippen LogP contribution in [-0.2, 0) is 0 Å². The summed E-state index contributed by atoms with van der Waals surface area (Å²) in [4.78, 5) is 2.48. The zero-order chi connectivity index (χ0) is 13.0. The topological polar surface area (TPSA) is 29.3 Å². The average Bonchev–Trinajstić information content (AvgIpc) is 2.40. The van der Waals surface area contributed by atoms with E-state index in [2.05, 4.69) is 4.90 Å². The zero-order valence-electron chi connectivity index (χ0n) is 10.5. The zero-order valence-corrected chi connectivity index (χ0v) is 12.1. The molecule has 1 unspecified atom stereocenters. The fourth-order valence-corrected chi connectivity index (χ4v) is 3.03. The van der Waals surface area contributed by atoms with Crippen molar-refractivity contribution in [3.8, 4) is 0 Å². The summed E-state index contributed by atoms with van der Waals surface area (Å²) in [6, 6.07) is 5.63. The van der Waals surface area contributed by atoms with Gasteiger partial charge in [0.05, 0.1) is 0 Å².